The van der Waals surface area contributed by atoms with Crippen LogP contribution in [0.3, 0.4) is 0 Å². The predicted octanol–water partition coefficient (Wildman–Crippen LogP) is 5.33. The molecule has 0 spiro atoms. The molecule has 1 aliphatic rings. The van der Waals surface area contributed by atoms with Gasteiger partial charge in [0.1, 0.15) is 17.1 Å². The zero-order valence-electron chi connectivity index (χ0n) is 17.7. The Labute approximate surface area is 178 Å². The van der Waals surface area contributed by atoms with Gasteiger partial charge in [0.15, 0.2) is 6.61 Å². The molecule has 1 aliphatic heterocycles. The van der Waals surface area contributed by atoms with Crippen molar-refractivity contribution in [2.24, 2.45) is 0 Å². The van der Waals surface area contributed by atoms with Crippen molar-refractivity contribution in [3.05, 3.63) is 60.2 Å². The van der Waals surface area contributed by atoms with Crippen LogP contribution in [-0.2, 0) is 4.79 Å². The van der Waals surface area contributed by atoms with Gasteiger partial charge in [0, 0.05) is 23.7 Å². The molecule has 0 saturated carbocycles. The molecule has 1 N–H and O–H groups in total. The molecule has 0 bridgehead atoms. The van der Waals surface area contributed by atoms with Crippen molar-refractivity contribution < 1.29 is 9.53 Å². The molecule has 1 aromatic heterocycles. The molecule has 0 aliphatic carbocycles. The Balaban J connectivity index is 1.52. The van der Waals surface area contributed by atoms with Crippen LogP contribution >= 0.6 is 0 Å². The Bertz CT molecular complexity index is 1030. The lowest BCUT2D eigenvalue weighted by atomic mass is 10.00. The standard InChI is InChI=1S/C25H29N3O2/c1-3-20-11-6-7-16-28(20)23-15-14-19-10-8-13-22(25(19)27-23)30-17-24(29)26-21-12-5-4-9-18(21)2/h4-5,8-10,12-15,20H,3,6-7,11,16-17H2,1-2H3,(H,26,29). The van der Waals surface area contributed by atoms with Gasteiger partial charge in [0.05, 0.1) is 0 Å². The molecule has 1 saturated heterocycles. The molecule has 2 heterocycles. The largest absolute Gasteiger partial charge is 0.481 e. The van der Waals surface area contributed by atoms with Crippen LogP contribution in [0.1, 0.15) is 38.2 Å². The normalized spacial score (nSPS) is 16.5. The van der Waals surface area contributed by atoms with E-state index in [4.69, 9.17) is 9.72 Å². The van der Waals surface area contributed by atoms with Gasteiger partial charge >= 0.3 is 0 Å². The first-order valence-electron chi connectivity index (χ1n) is 10.8. The lowest BCUT2D eigenvalue weighted by Crippen LogP contribution is -2.39. The van der Waals surface area contributed by atoms with Crippen LogP contribution < -0.4 is 15.0 Å². The number of fused-ring (bicyclic) bond motifs is 1. The quantitative estimate of drug-likeness (QED) is 0.604. The maximum absolute atomic E-state index is 12.4. The summed E-state index contributed by atoms with van der Waals surface area (Å²) in [7, 11) is 0. The lowest BCUT2D eigenvalue weighted by molar-refractivity contribution is -0.118. The topological polar surface area (TPSA) is 54.5 Å². The number of benzene rings is 2. The molecular formula is C25H29N3O2. The number of piperidine rings is 1. The van der Waals surface area contributed by atoms with Crippen LogP contribution in [-0.4, -0.2) is 30.1 Å². The van der Waals surface area contributed by atoms with E-state index in [0.29, 0.717) is 11.8 Å². The van der Waals surface area contributed by atoms with E-state index in [2.05, 4.69) is 29.3 Å². The first kappa shape index (κ1) is 20.2. The van der Waals surface area contributed by atoms with Crippen molar-refractivity contribution in [2.45, 2.75) is 45.6 Å². The van der Waals surface area contributed by atoms with E-state index in [-0.39, 0.29) is 12.5 Å². The summed E-state index contributed by atoms with van der Waals surface area (Å²) >= 11 is 0. The fourth-order valence-electron chi connectivity index (χ4n) is 4.16. The highest BCUT2D eigenvalue weighted by molar-refractivity contribution is 5.93. The number of hydrogen-bond donors (Lipinski definition) is 1. The van der Waals surface area contributed by atoms with E-state index in [0.717, 1.165) is 40.9 Å². The van der Waals surface area contributed by atoms with E-state index in [1.165, 1.54) is 19.3 Å². The average molecular weight is 404 g/mol. The molecule has 2 aromatic carbocycles. The van der Waals surface area contributed by atoms with Crippen LogP contribution in [0.15, 0.2) is 54.6 Å². The Kier molecular flexibility index (Phi) is 6.17. The van der Waals surface area contributed by atoms with Crippen LogP contribution in [0.2, 0.25) is 0 Å². The monoisotopic (exact) mass is 403 g/mol. The maximum Gasteiger partial charge on any atom is 0.262 e. The summed E-state index contributed by atoms with van der Waals surface area (Å²) in [5.74, 6) is 1.45. The molecule has 30 heavy (non-hydrogen) atoms. The molecule has 1 fully saturated rings. The second kappa shape index (κ2) is 9.16. The number of para-hydroxylation sites is 2. The summed E-state index contributed by atoms with van der Waals surface area (Å²) in [4.78, 5) is 19.8. The number of nitrogens with one attached hydrogen (secondary N) is 1. The van der Waals surface area contributed by atoms with E-state index in [9.17, 15) is 4.79 Å². The third kappa shape index (κ3) is 4.40. The minimum atomic E-state index is -0.181. The van der Waals surface area contributed by atoms with E-state index < -0.39 is 0 Å². The van der Waals surface area contributed by atoms with E-state index >= 15 is 0 Å². The molecule has 1 atom stereocenters. The van der Waals surface area contributed by atoms with Gasteiger partial charge < -0.3 is 15.0 Å². The van der Waals surface area contributed by atoms with Crippen molar-refractivity contribution >= 4 is 28.3 Å². The third-order valence-electron chi connectivity index (χ3n) is 5.84. The number of aryl methyl sites for hydroxylation is 1. The van der Waals surface area contributed by atoms with Crippen LogP contribution in [0.4, 0.5) is 11.5 Å². The van der Waals surface area contributed by atoms with Crippen LogP contribution in [0.5, 0.6) is 5.75 Å². The molecule has 1 amide bonds. The van der Waals surface area contributed by atoms with Crippen LogP contribution in [0, 0.1) is 6.92 Å². The van der Waals surface area contributed by atoms with E-state index in [1.807, 2.05) is 49.4 Å². The first-order chi connectivity index (χ1) is 14.7. The number of ether oxygens (including phenoxy) is 1. The minimum absolute atomic E-state index is 0.0549. The molecule has 4 rings (SSSR count). The lowest BCUT2D eigenvalue weighted by Gasteiger charge is -2.36. The number of nitrogens with zero attached hydrogens (tertiary/aromatic N) is 2. The highest BCUT2D eigenvalue weighted by Crippen LogP contribution is 2.30. The summed E-state index contributed by atoms with van der Waals surface area (Å²) in [6.07, 6.45) is 4.82. The summed E-state index contributed by atoms with van der Waals surface area (Å²) < 4.78 is 5.90. The van der Waals surface area contributed by atoms with Crippen LogP contribution in [0.25, 0.3) is 10.9 Å². The third-order valence-corrected chi connectivity index (χ3v) is 5.84. The van der Waals surface area contributed by atoms with Crippen molar-refractivity contribution in [1.29, 1.82) is 0 Å². The molecule has 156 valence electrons. The highest BCUT2D eigenvalue weighted by Gasteiger charge is 2.22. The Morgan fingerprint density at radius 3 is 2.83 bits per heavy atom. The molecule has 5 heteroatoms. The molecule has 5 nitrogen and oxygen atoms in total. The average Bonchev–Trinajstić information content (AvgIpc) is 2.79. The van der Waals surface area contributed by atoms with Gasteiger partial charge in [0.2, 0.25) is 0 Å². The van der Waals surface area contributed by atoms with Crippen molar-refractivity contribution in [2.75, 3.05) is 23.4 Å². The number of carbonyl (C=O) groups excluding carboxylic acids is 1. The fraction of sp³-hybridized carbons (Fsp3) is 0.360. The zero-order chi connectivity index (χ0) is 20.9. The number of anilines is 2. The summed E-state index contributed by atoms with van der Waals surface area (Å²) in [6, 6.07) is 18.3. The predicted molar refractivity (Wildman–Crippen MR) is 122 cm³/mol. The number of rotatable bonds is 6. The van der Waals surface area contributed by atoms with Gasteiger partial charge in [-0.15, -0.1) is 0 Å². The number of carbonyl (C=O) groups is 1. The smallest absolute Gasteiger partial charge is 0.262 e. The van der Waals surface area contributed by atoms with Gasteiger partial charge in [0.25, 0.3) is 5.91 Å². The fourth-order valence-corrected chi connectivity index (χ4v) is 4.16. The summed E-state index contributed by atoms with van der Waals surface area (Å²) in [6.45, 7) is 5.20. The number of hydrogen-bond acceptors (Lipinski definition) is 4. The first-order valence-corrected chi connectivity index (χ1v) is 10.8. The molecule has 3 aromatic rings. The van der Waals surface area contributed by atoms with Gasteiger partial charge in [-0.2, -0.15) is 0 Å². The minimum Gasteiger partial charge on any atom is -0.481 e. The molecule has 1 unspecified atom stereocenters. The highest BCUT2D eigenvalue weighted by atomic mass is 16.5. The van der Waals surface area contributed by atoms with Crippen molar-refractivity contribution in [1.82, 2.24) is 4.98 Å². The second-order valence-corrected chi connectivity index (χ2v) is 7.90. The Hall–Kier alpha value is -3.08. The van der Waals surface area contributed by atoms with Gasteiger partial charge in [-0.1, -0.05) is 37.3 Å². The number of aromatic nitrogens is 1. The summed E-state index contributed by atoms with van der Waals surface area (Å²) in [5.41, 5.74) is 2.63. The number of pyridine rings is 1. The van der Waals surface area contributed by atoms with E-state index in [1.54, 1.807) is 0 Å². The molecule has 0 radical (unpaired) electrons. The van der Waals surface area contributed by atoms with Crippen molar-refractivity contribution in [3.8, 4) is 5.75 Å². The van der Waals surface area contributed by atoms with Gasteiger partial charge in [-0.25, -0.2) is 4.98 Å². The Morgan fingerprint density at radius 2 is 2.00 bits per heavy atom. The Morgan fingerprint density at radius 1 is 1.13 bits per heavy atom. The second-order valence-electron chi connectivity index (χ2n) is 7.90. The summed E-state index contributed by atoms with van der Waals surface area (Å²) in [5, 5.41) is 3.93. The molecular weight excluding hydrogens is 374 g/mol. The van der Waals surface area contributed by atoms with Gasteiger partial charge in [-0.05, 0) is 62.4 Å². The zero-order valence-corrected chi connectivity index (χ0v) is 17.7. The SMILES string of the molecule is CCC1CCCCN1c1ccc2cccc(OCC(=O)Nc3ccccc3C)c2n1. The maximum atomic E-state index is 12.4. The van der Waals surface area contributed by atoms with Crippen molar-refractivity contribution in [3.63, 3.8) is 0 Å². The number of amides is 1. The van der Waals surface area contributed by atoms with Gasteiger partial charge in [-0.3, -0.25) is 4.79 Å².